The molecule has 3 aromatic rings. The zero-order valence-electron chi connectivity index (χ0n) is 20.6. The quantitative estimate of drug-likeness (QED) is 0.196. The van der Waals surface area contributed by atoms with Gasteiger partial charge in [0.2, 0.25) is 0 Å². The second-order valence-electron chi connectivity index (χ2n) is 9.13. The molecule has 2 atom stereocenters. The Bertz CT molecular complexity index is 1610. The fourth-order valence-corrected chi connectivity index (χ4v) is 7.62. The molecule has 3 aromatic carbocycles. The van der Waals surface area contributed by atoms with E-state index >= 15 is 0 Å². The highest BCUT2D eigenvalue weighted by Crippen LogP contribution is 2.57. The molecule has 4 rings (SSSR count). The second-order valence-corrected chi connectivity index (χ2v) is 13.9. The van der Waals surface area contributed by atoms with E-state index in [1.807, 2.05) is 50.2 Å². The lowest BCUT2D eigenvalue weighted by atomic mass is 9.63. The van der Waals surface area contributed by atoms with E-state index in [1.165, 1.54) is 18.2 Å². The van der Waals surface area contributed by atoms with Crippen LogP contribution in [0.5, 0.6) is 5.75 Å². The Morgan fingerprint density at radius 2 is 1.61 bits per heavy atom. The number of hydrogen-bond donors (Lipinski definition) is 1. The lowest BCUT2D eigenvalue weighted by Gasteiger charge is -2.44. The van der Waals surface area contributed by atoms with Crippen LogP contribution in [0.15, 0.2) is 104 Å². The number of aryl methyl sites for hydroxylation is 1. The van der Waals surface area contributed by atoms with Gasteiger partial charge in [0.1, 0.15) is 10.6 Å². The van der Waals surface area contributed by atoms with Crippen LogP contribution in [0.1, 0.15) is 42.4 Å². The van der Waals surface area contributed by atoms with Crippen molar-refractivity contribution in [3.05, 3.63) is 115 Å². The van der Waals surface area contributed by atoms with Gasteiger partial charge in [-0.15, -0.1) is 0 Å². The van der Waals surface area contributed by atoms with Crippen molar-refractivity contribution in [3.63, 3.8) is 0 Å². The van der Waals surface area contributed by atoms with Crippen molar-refractivity contribution < 1.29 is 25.6 Å². The van der Waals surface area contributed by atoms with E-state index in [0.717, 1.165) is 15.6 Å². The van der Waals surface area contributed by atoms with Gasteiger partial charge in [-0.1, -0.05) is 92.9 Å². The Labute approximate surface area is 240 Å². The van der Waals surface area contributed by atoms with Gasteiger partial charge in [0.15, 0.2) is 0 Å². The Balaban J connectivity index is 1.98. The van der Waals surface area contributed by atoms with Crippen molar-refractivity contribution >= 4 is 52.1 Å². The molecule has 6 nitrogen and oxygen atoms in total. The lowest BCUT2D eigenvalue weighted by molar-refractivity contribution is 0.386. The SMILES string of the molecule is CCC(c1ccccc1)C1(c2cc(C)ccc2OS(=O)(=O)c2ccc(Br)cc2)CC(S(=O)(=O)O)=CC=C1Br. The molecule has 0 spiro atoms. The van der Waals surface area contributed by atoms with Gasteiger partial charge in [0.05, 0.1) is 4.91 Å². The molecule has 0 saturated heterocycles. The summed E-state index contributed by atoms with van der Waals surface area (Å²) in [6, 6.07) is 20.9. The van der Waals surface area contributed by atoms with Gasteiger partial charge in [-0.25, -0.2) is 0 Å². The molecular weight excluding hydrogens is 656 g/mol. The van der Waals surface area contributed by atoms with Gasteiger partial charge in [-0.2, -0.15) is 16.8 Å². The van der Waals surface area contributed by atoms with Crippen LogP contribution >= 0.6 is 31.9 Å². The molecule has 0 saturated carbocycles. The number of benzene rings is 3. The molecule has 0 aromatic heterocycles. The van der Waals surface area contributed by atoms with Crippen LogP contribution in [0.25, 0.3) is 0 Å². The fraction of sp³-hybridized carbons (Fsp3) is 0.214. The summed E-state index contributed by atoms with van der Waals surface area (Å²) in [7, 11) is -8.75. The highest BCUT2D eigenvalue weighted by molar-refractivity contribution is 9.11. The molecule has 0 heterocycles. The minimum atomic E-state index is -4.53. The summed E-state index contributed by atoms with van der Waals surface area (Å²) >= 11 is 7.01. The Hall–Kier alpha value is -2.24. The van der Waals surface area contributed by atoms with Gasteiger partial charge < -0.3 is 4.18 Å². The molecule has 200 valence electrons. The summed E-state index contributed by atoms with van der Waals surface area (Å²) in [5, 5.41) is 0. The molecular formula is C28H26Br2O6S2. The Morgan fingerprint density at radius 1 is 0.947 bits per heavy atom. The smallest absolute Gasteiger partial charge is 0.339 e. The molecule has 10 heteroatoms. The Morgan fingerprint density at radius 3 is 2.21 bits per heavy atom. The largest absolute Gasteiger partial charge is 0.379 e. The van der Waals surface area contributed by atoms with Crippen molar-refractivity contribution in [2.45, 2.75) is 42.9 Å². The van der Waals surface area contributed by atoms with Crippen molar-refractivity contribution in [3.8, 4) is 5.75 Å². The summed E-state index contributed by atoms with van der Waals surface area (Å²) < 4.78 is 68.6. The second kappa shape index (κ2) is 11.1. The van der Waals surface area contributed by atoms with Gasteiger partial charge in [-0.3, -0.25) is 4.55 Å². The van der Waals surface area contributed by atoms with Crippen molar-refractivity contribution in [2.75, 3.05) is 0 Å². The Kier molecular flexibility index (Phi) is 8.40. The summed E-state index contributed by atoms with van der Waals surface area (Å²) in [5.74, 6) is -0.228. The normalized spacial score (nSPS) is 18.9. The third-order valence-electron chi connectivity index (χ3n) is 6.75. The zero-order valence-corrected chi connectivity index (χ0v) is 25.4. The summed E-state index contributed by atoms with van der Waals surface area (Å²) in [6.07, 6.45) is 3.45. The first-order valence-corrected chi connectivity index (χ1v) is 16.2. The van der Waals surface area contributed by atoms with E-state index in [0.29, 0.717) is 16.5 Å². The van der Waals surface area contributed by atoms with E-state index < -0.39 is 25.7 Å². The van der Waals surface area contributed by atoms with Crippen molar-refractivity contribution in [1.82, 2.24) is 0 Å². The third kappa shape index (κ3) is 5.70. The molecule has 0 radical (unpaired) electrons. The molecule has 0 bridgehead atoms. The zero-order chi connectivity index (χ0) is 27.7. The molecule has 1 N–H and O–H groups in total. The van der Waals surface area contributed by atoms with E-state index in [1.54, 1.807) is 30.3 Å². The van der Waals surface area contributed by atoms with Crippen LogP contribution in [0.4, 0.5) is 0 Å². The standard InChI is InChI=1S/C28H26Br2O6S2/c1-3-24(20-7-5-4-6-8-20)28(18-23(37(31,32)33)14-16-27(28)30)25-17-19(2)9-15-26(25)36-38(34,35)22-12-10-21(29)11-13-22/h4-17,24H,3,18H2,1-2H3,(H,31,32,33). The molecule has 38 heavy (non-hydrogen) atoms. The summed E-state index contributed by atoms with van der Waals surface area (Å²) in [5.41, 5.74) is 1.15. The first-order valence-electron chi connectivity index (χ1n) is 11.8. The fourth-order valence-electron chi connectivity index (χ4n) is 5.00. The summed E-state index contributed by atoms with van der Waals surface area (Å²) in [6.45, 7) is 3.85. The predicted molar refractivity (Wildman–Crippen MR) is 156 cm³/mol. The van der Waals surface area contributed by atoms with Crippen LogP contribution in [-0.4, -0.2) is 21.4 Å². The van der Waals surface area contributed by atoms with Crippen molar-refractivity contribution in [1.29, 1.82) is 0 Å². The first-order chi connectivity index (χ1) is 17.9. The van der Waals surface area contributed by atoms with E-state index in [9.17, 15) is 21.4 Å². The first kappa shape index (κ1) is 28.8. The molecule has 2 unspecified atom stereocenters. The number of rotatable bonds is 8. The van der Waals surface area contributed by atoms with Crippen LogP contribution in [0.2, 0.25) is 0 Å². The highest BCUT2D eigenvalue weighted by atomic mass is 79.9. The summed E-state index contributed by atoms with van der Waals surface area (Å²) in [4.78, 5) is -0.188. The average molecular weight is 682 g/mol. The third-order valence-corrected chi connectivity index (χ3v) is 10.4. The lowest BCUT2D eigenvalue weighted by Crippen LogP contribution is -2.38. The maximum Gasteiger partial charge on any atom is 0.339 e. The minimum Gasteiger partial charge on any atom is -0.379 e. The van der Waals surface area contributed by atoms with Gasteiger partial charge in [0, 0.05) is 26.4 Å². The van der Waals surface area contributed by atoms with Gasteiger partial charge in [-0.05, 0) is 61.2 Å². The number of halogens is 2. The predicted octanol–water partition coefficient (Wildman–Crippen LogP) is 7.41. The minimum absolute atomic E-state index is 0.0202. The topological polar surface area (TPSA) is 97.7 Å². The van der Waals surface area contributed by atoms with Crippen LogP contribution in [0, 0.1) is 6.92 Å². The van der Waals surface area contributed by atoms with Gasteiger partial charge >= 0.3 is 10.1 Å². The van der Waals surface area contributed by atoms with Crippen LogP contribution < -0.4 is 4.18 Å². The van der Waals surface area contributed by atoms with Crippen LogP contribution in [0.3, 0.4) is 0 Å². The van der Waals surface area contributed by atoms with E-state index in [2.05, 4.69) is 31.9 Å². The maximum absolute atomic E-state index is 13.3. The molecule has 0 fully saturated rings. The number of allylic oxidation sites excluding steroid dienone is 4. The van der Waals surface area contributed by atoms with E-state index in [-0.39, 0.29) is 27.9 Å². The number of hydrogen-bond acceptors (Lipinski definition) is 5. The molecule has 1 aliphatic rings. The molecule has 1 aliphatic carbocycles. The monoisotopic (exact) mass is 680 g/mol. The highest BCUT2D eigenvalue weighted by Gasteiger charge is 2.48. The van der Waals surface area contributed by atoms with Crippen molar-refractivity contribution in [2.24, 2.45) is 0 Å². The van der Waals surface area contributed by atoms with Gasteiger partial charge in [0.25, 0.3) is 10.1 Å². The maximum atomic E-state index is 13.3. The van der Waals surface area contributed by atoms with Crippen LogP contribution in [-0.2, 0) is 25.7 Å². The molecule has 0 aliphatic heterocycles. The average Bonchev–Trinajstić information content (AvgIpc) is 2.87. The molecule has 0 amide bonds. The van der Waals surface area contributed by atoms with E-state index in [4.69, 9.17) is 4.18 Å².